The summed E-state index contributed by atoms with van der Waals surface area (Å²) in [6, 6.07) is 10.9. The Bertz CT molecular complexity index is 765. The van der Waals surface area contributed by atoms with Crippen LogP contribution in [0, 0.1) is 0 Å². The highest BCUT2D eigenvalue weighted by Gasteiger charge is 2.16. The van der Waals surface area contributed by atoms with E-state index in [4.69, 9.17) is 4.74 Å². The number of hydrogen-bond donors (Lipinski definition) is 1. The first-order valence-electron chi connectivity index (χ1n) is 7.33. The maximum absolute atomic E-state index is 11.8. The molecule has 2 heterocycles. The Balaban J connectivity index is 1.84. The van der Waals surface area contributed by atoms with Gasteiger partial charge in [0.25, 0.3) is 5.56 Å². The first-order valence-corrected chi connectivity index (χ1v) is 7.33. The molecule has 1 aromatic carbocycles. The lowest BCUT2D eigenvalue weighted by molar-refractivity contribution is 0.0599. The van der Waals surface area contributed by atoms with Crippen molar-refractivity contribution in [3.05, 3.63) is 63.4 Å². The first kappa shape index (κ1) is 14.4. The molecule has 1 aromatic heterocycles. The van der Waals surface area contributed by atoms with Crippen molar-refractivity contribution < 1.29 is 9.53 Å². The number of aryl methyl sites for hydroxylation is 2. The summed E-state index contributed by atoms with van der Waals surface area (Å²) >= 11 is 0. The Morgan fingerprint density at radius 2 is 1.95 bits per heavy atom. The van der Waals surface area contributed by atoms with Crippen LogP contribution < -0.4 is 10.9 Å². The van der Waals surface area contributed by atoms with Gasteiger partial charge in [-0.25, -0.2) is 4.79 Å². The second-order valence-corrected chi connectivity index (χ2v) is 5.27. The Hall–Kier alpha value is -2.56. The van der Waals surface area contributed by atoms with Crippen LogP contribution in [-0.4, -0.2) is 24.2 Å². The van der Waals surface area contributed by atoms with Gasteiger partial charge in [-0.3, -0.25) is 9.36 Å². The van der Waals surface area contributed by atoms with E-state index in [1.165, 1.54) is 7.11 Å². The summed E-state index contributed by atoms with van der Waals surface area (Å²) < 4.78 is 6.59. The molecule has 0 spiro atoms. The molecule has 0 saturated carbocycles. The lowest BCUT2D eigenvalue weighted by Gasteiger charge is -2.11. The topological polar surface area (TPSA) is 60.3 Å². The Morgan fingerprint density at radius 1 is 1.18 bits per heavy atom. The monoisotopic (exact) mass is 298 g/mol. The molecule has 22 heavy (non-hydrogen) atoms. The van der Waals surface area contributed by atoms with E-state index < -0.39 is 0 Å². The molecule has 0 amide bonds. The second-order valence-electron chi connectivity index (χ2n) is 5.27. The molecule has 1 aliphatic rings. The van der Waals surface area contributed by atoms with E-state index in [9.17, 15) is 9.59 Å². The molecule has 0 radical (unpaired) electrons. The standard InChI is InChI=1S/C17H18N2O3/c1-22-17(21)14-5-3-2-4-12(14)6-7-13-8-9-15(20)19-11-10-18-16(13)19/h2-5,8-9,18H,6-7,10-11H2,1H3. The molecule has 2 aromatic rings. The van der Waals surface area contributed by atoms with E-state index in [1.54, 1.807) is 16.7 Å². The fourth-order valence-electron chi connectivity index (χ4n) is 2.86. The van der Waals surface area contributed by atoms with Crippen molar-refractivity contribution in [1.82, 2.24) is 4.57 Å². The van der Waals surface area contributed by atoms with Gasteiger partial charge in [0.05, 0.1) is 12.7 Å². The van der Waals surface area contributed by atoms with Gasteiger partial charge in [0.2, 0.25) is 0 Å². The van der Waals surface area contributed by atoms with Gasteiger partial charge < -0.3 is 10.1 Å². The molecule has 3 rings (SSSR count). The molecule has 1 aliphatic heterocycles. The van der Waals surface area contributed by atoms with Crippen LogP contribution in [0.2, 0.25) is 0 Å². The lowest BCUT2D eigenvalue weighted by Crippen LogP contribution is -2.17. The van der Waals surface area contributed by atoms with Crippen LogP contribution in [0.25, 0.3) is 0 Å². The average Bonchev–Trinajstić information content (AvgIpc) is 3.04. The number of fused-ring (bicyclic) bond motifs is 1. The first-order chi connectivity index (χ1) is 10.7. The predicted octanol–water partition coefficient (Wildman–Crippen LogP) is 1.85. The number of ether oxygens (including phenoxy) is 1. The zero-order chi connectivity index (χ0) is 15.5. The number of nitrogens with zero attached hydrogens (tertiary/aromatic N) is 1. The van der Waals surface area contributed by atoms with E-state index in [-0.39, 0.29) is 11.5 Å². The van der Waals surface area contributed by atoms with E-state index in [0.717, 1.165) is 36.3 Å². The van der Waals surface area contributed by atoms with Crippen LogP contribution >= 0.6 is 0 Å². The Morgan fingerprint density at radius 3 is 2.77 bits per heavy atom. The Labute approximate surface area is 128 Å². The van der Waals surface area contributed by atoms with Crippen LogP contribution in [-0.2, 0) is 24.1 Å². The fraction of sp³-hybridized carbons (Fsp3) is 0.294. The van der Waals surface area contributed by atoms with Crippen LogP contribution in [0.5, 0.6) is 0 Å². The number of benzene rings is 1. The van der Waals surface area contributed by atoms with Crippen molar-refractivity contribution in [2.75, 3.05) is 19.0 Å². The summed E-state index contributed by atoms with van der Waals surface area (Å²) in [5.41, 5.74) is 2.68. The van der Waals surface area contributed by atoms with Crippen LogP contribution in [0.3, 0.4) is 0 Å². The molecule has 0 aliphatic carbocycles. The van der Waals surface area contributed by atoms with Crippen molar-refractivity contribution in [3.8, 4) is 0 Å². The zero-order valence-electron chi connectivity index (χ0n) is 12.5. The van der Waals surface area contributed by atoms with Crippen LogP contribution in [0.15, 0.2) is 41.2 Å². The second kappa shape index (κ2) is 6.05. The number of esters is 1. The van der Waals surface area contributed by atoms with Gasteiger partial charge in [-0.15, -0.1) is 0 Å². The van der Waals surface area contributed by atoms with E-state index in [1.807, 2.05) is 24.3 Å². The maximum Gasteiger partial charge on any atom is 0.338 e. The summed E-state index contributed by atoms with van der Waals surface area (Å²) in [6.07, 6.45) is 1.48. The average molecular weight is 298 g/mol. The van der Waals surface area contributed by atoms with Crippen LogP contribution in [0.4, 0.5) is 5.82 Å². The molecule has 0 saturated heterocycles. The molecule has 0 bridgehead atoms. The summed E-state index contributed by atoms with van der Waals surface area (Å²) in [5.74, 6) is 0.589. The van der Waals surface area contributed by atoms with Gasteiger partial charge in [0.1, 0.15) is 5.82 Å². The van der Waals surface area contributed by atoms with Crippen LogP contribution in [0.1, 0.15) is 21.5 Å². The van der Waals surface area contributed by atoms with E-state index >= 15 is 0 Å². The summed E-state index contributed by atoms with van der Waals surface area (Å²) in [6.45, 7) is 1.49. The van der Waals surface area contributed by atoms with Crippen molar-refractivity contribution in [2.24, 2.45) is 0 Å². The molecule has 114 valence electrons. The molecule has 0 atom stereocenters. The highest BCUT2D eigenvalue weighted by molar-refractivity contribution is 5.91. The van der Waals surface area contributed by atoms with Gasteiger partial charge in [0, 0.05) is 19.2 Å². The third-order valence-corrected chi connectivity index (χ3v) is 3.98. The van der Waals surface area contributed by atoms with Gasteiger partial charge >= 0.3 is 5.97 Å². The predicted molar refractivity (Wildman–Crippen MR) is 84.4 cm³/mol. The normalized spacial score (nSPS) is 12.6. The van der Waals surface area contributed by atoms with Gasteiger partial charge in [-0.05, 0) is 36.1 Å². The van der Waals surface area contributed by atoms with Gasteiger partial charge in [0.15, 0.2) is 0 Å². The molecule has 5 heteroatoms. The number of anilines is 1. The molecule has 1 N–H and O–H groups in total. The summed E-state index contributed by atoms with van der Waals surface area (Å²) in [4.78, 5) is 23.6. The quantitative estimate of drug-likeness (QED) is 0.875. The summed E-state index contributed by atoms with van der Waals surface area (Å²) in [5, 5.41) is 3.27. The number of methoxy groups -OCH3 is 1. The molecular formula is C17H18N2O3. The Kier molecular flexibility index (Phi) is 3.96. The minimum absolute atomic E-state index is 0.0266. The van der Waals surface area contributed by atoms with Crippen molar-refractivity contribution >= 4 is 11.8 Å². The number of rotatable bonds is 4. The number of nitrogens with one attached hydrogen (secondary N) is 1. The largest absolute Gasteiger partial charge is 0.465 e. The van der Waals surface area contributed by atoms with Crippen molar-refractivity contribution in [3.63, 3.8) is 0 Å². The molecule has 0 fully saturated rings. The van der Waals surface area contributed by atoms with Gasteiger partial charge in [-0.1, -0.05) is 18.2 Å². The van der Waals surface area contributed by atoms with E-state index in [2.05, 4.69) is 5.32 Å². The highest BCUT2D eigenvalue weighted by Crippen LogP contribution is 2.20. The number of aromatic nitrogens is 1. The zero-order valence-corrected chi connectivity index (χ0v) is 12.5. The minimum atomic E-state index is -0.316. The number of carbonyl (C=O) groups excluding carboxylic acids is 1. The fourth-order valence-corrected chi connectivity index (χ4v) is 2.86. The number of pyridine rings is 1. The van der Waals surface area contributed by atoms with Crippen molar-refractivity contribution in [1.29, 1.82) is 0 Å². The number of hydrogen-bond acceptors (Lipinski definition) is 4. The van der Waals surface area contributed by atoms with Crippen molar-refractivity contribution in [2.45, 2.75) is 19.4 Å². The molecule has 5 nitrogen and oxygen atoms in total. The minimum Gasteiger partial charge on any atom is -0.465 e. The lowest BCUT2D eigenvalue weighted by atomic mass is 10.00. The van der Waals surface area contributed by atoms with E-state index in [0.29, 0.717) is 12.1 Å². The molecule has 0 unspecified atom stereocenters. The maximum atomic E-state index is 11.8. The molecular weight excluding hydrogens is 280 g/mol. The SMILES string of the molecule is COC(=O)c1ccccc1CCc1ccc(=O)n2c1NCC2. The third kappa shape index (κ3) is 2.62. The summed E-state index contributed by atoms with van der Waals surface area (Å²) in [7, 11) is 1.39. The smallest absolute Gasteiger partial charge is 0.338 e. The highest BCUT2D eigenvalue weighted by atomic mass is 16.5. The third-order valence-electron chi connectivity index (χ3n) is 3.98. The number of carbonyl (C=O) groups is 1. The van der Waals surface area contributed by atoms with Gasteiger partial charge in [-0.2, -0.15) is 0 Å².